The Balaban J connectivity index is 1.51. The number of carbonyl (C=O) groups is 1. The van der Waals surface area contributed by atoms with Gasteiger partial charge in [0.1, 0.15) is 11.5 Å². The molecule has 1 amide bonds. The van der Waals surface area contributed by atoms with Crippen molar-refractivity contribution >= 4 is 44.4 Å². The number of thioether (sulfide) groups is 1. The summed E-state index contributed by atoms with van der Waals surface area (Å²) >= 11 is 3.16. The smallest absolute Gasteiger partial charge is 0.229 e. The predicted octanol–water partition coefficient (Wildman–Crippen LogP) is 5.42. The molecule has 2 aromatic carbocycles. The van der Waals surface area contributed by atoms with E-state index >= 15 is 0 Å². The van der Waals surface area contributed by atoms with Crippen LogP contribution in [0, 0.1) is 0 Å². The molecule has 6 nitrogen and oxygen atoms in total. The van der Waals surface area contributed by atoms with Gasteiger partial charge in [-0.25, -0.2) is 4.98 Å². The summed E-state index contributed by atoms with van der Waals surface area (Å²) < 4.78 is 11.5. The van der Waals surface area contributed by atoms with Gasteiger partial charge in [0, 0.05) is 35.5 Å². The van der Waals surface area contributed by atoms with Gasteiger partial charge in [-0.05, 0) is 54.1 Å². The van der Waals surface area contributed by atoms with Crippen molar-refractivity contribution < 1.29 is 14.3 Å². The Morgan fingerprint density at radius 3 is 2.44 bits per heavy atom. The quantitative estimate of drug-likeness (QED) is 0.307. The van der Waals surface area contributed by atoms with Crippen LogP contribution in [0.5, 0.6) is 11.5 Å². The van der Waals surface area contributed by atoms with E-state index in [4.69, 9.17) is 14.5 Å². The van der Waals surface area contributed by atoms with Crippen molar-refractivity contribution in [2.75, 3.05) is 24.9 Å². The topological polar surface area (TPSA) is 64.5 Å². The summed E-state index contributed by atoms with van der Waals surface area (Å²) in [6.45, 7) is 0.450. The van der Waals surface area contributed by atoms with E-state index in [9.17, 15) is 4.79 Å². The van der Waals surface area contributed by atoms with Gasteiger partial charge in [-0.3, -0.25) is 14.7 Å². The Bertz CT molecular complexity index is 1180. The Labute approximate surface area is 195 Å². The number of benzene rings is 2. The van der Waals surface area contributed by atoms with Crippen LogP contribution in [-0.2, 0) is 11.3 Å². The van der Waals surface area contributed by atoms with Gasteiger partial charge in [-0.2, -0.15) is 0 Å². The van der Waals surface area contributed by atoms with Gasteiger partial charge in [0.25, 0.3) is 0 Å². The second kappa shape index (κ2) is 10.5. The fraction of sp³-hybridized carbons (Fsp3) is 0.208. The lowest BCUT2D eigenvalue weighted by molar-refractivity contribution is -0.118. The highest BCUT2D eigenvalue weighted by Crippen LogP contribution is 2.32. The van der Waals surface area contributed by atoms with E-state index in [2.05, 4.69) is 4.98 Å². The van der Waals surface area contributed by atoms with Crippen LogP contribution in [0.4, 0.5) is 5.13 Å². The molecule has 0 fully saturated rings. The van der Waals surface area contributed by atoms with Gasteiger partial charge in [0.05, 0.1) is 31.0 Å². The lowest BCUT2D eigenvalue weighted by Gasteiger charge is -2.20. The first-order valence-corrected chi connectivity index (χ1v) is 11.9. The van der Waals surface area contributed by atoms with Crippen LogP contribution in [-0.4, -0.2) is 35.8 Å². The van der Waals surface area contributed by atoms with E-state index in [1.807, 2.05) is 54.6 Å². The number of hydrogen-bond acceptors (Lipinski definition) is 7. The number of methoxy groups -OCH3 is 2. The highest BCUT2D eigenvalue weighted by Gasteiger charge is 2.20. The number of anilines is 1. The number of fused-ring (bicyclic) bond motifs is 1. The lowest BCUT2D eigenvalue weighted by atomic mass is 10.2. The summed E-state index contributed by atoms with van der Waals surface area (Å²) in [4.78, 5) is 24.9. The zero-order valence-corrected chi connectivity index (χ0v) is 19.5. The molecule has 4 rings (SSSR count). The molecule has 0 unspecified atom stereocenters. The van der Waals surface area contributed by atoms with Crippen molar-refractivity contribution in [2.45, 2.75) is 17.9 Å². The number of amides is 1. The molecule has 0 N–H and O–H groups in total. The van der Waals surface area contributed by atoms with Crippen molar-refractivity contribution in [2.24, 2.45) is 0 Å². The fourth-order valence-corrected chi connectivity index (χ4v) is 4.94. The molecule has 0 aliphatic rings. The number of rotatable bonds is 9. The molecule has 0 atom stereocenters. The zero-order chi connectivity index (χ0) is 22.3. The first-order chi connectivity index (χ1) is 15.7. The summed E-state index contributed by atoms with van der Waals surface area (Å²) in [5.41, 5.74) is 1.83. The third kappa shape index (κ3) is 5.38. The van der Waals surface area contributed by atoms with E-state index in [1.165, 1.54) is 11.3 Å². The van der Waals surface area contributed by atoms with Gasteiger partial charge >= 0.3 is 0 Å². The van der Waals surface area contributed by atoms with Crippen LogP contribution >= 0.6 is 23.1 Å². The monoisotopic (exact) mass is 465 g/mol. The largest absolute Gasteiger partial charge is 0.497 e. The second-order valence-corrected chi connectivity index (χ2v) is 9.12. The minimum Gasteiger partial charge on any atom is -0.497 e. The van der Waals surface area contributed by atoms with E-state index in [0.717, 1.165) is 32.2 Å². The second-order valence-electron chi connectivity index (χ2n) is 6.94. The Kier molecular flexibility index (Phi) is 7.24. The van der Waals surface area contributed by atoms with Gasteiger partial charge in [0.15, 0.2) is 5.13 Å². The molecule has 0 bridgehead atoms. The SMILES string of the molecule is COc1ccc(SCCC(=O)N(Cc2ccncc2)c2nc3cc(OC)ccc3s2)cc1. The maximum absolute atomic E-state index is 13.3. The van der Waals surface area contributed by atoms with Crippen LogP contribution in [0.3, 0.4) is 0 Å². The molecule has 0 spiro atoms. The molecule has 0 aliphatic heterocycles. The molecule has 2 aromatic heterocycles. The molecule has 4 aromatic rings. The van der Waals surface area contributed by atoms with Gasteiger partial charge in [-0.15, -0.1) is 11.8 Å². The van der Waals surface area contributed by atoms with E-state index in [-0.39, 0.29) is 5.91 Å². The standard InChI is InChI=1S/C24H23N3O3S2/c1-29-18-3-6-20(7-4-18)31-14-11-23(28)27(16-17-9-12-25-13-10-17)24-26-21-15-19(30-2)5-8-22(21)32-24/h3-10,12-13,15H,11,14,16H2,1-2H3. The average Bonchev–Trinajstić information content (AvgIpc) is 3.26. The minimum absolute atomic E-state index is 0.0360. The summed E-state index contributed by atoms with van der Waals surface area (Å²) in [5, 5.41) is 0.685. The number of nitrogens with zero attached hydrogens (tertiary/aromatic N) is 3. The van der Waals surface area contributed by atoms with Crippen molar-refractivity contribution in [3.8, 4) is 11.5 Å². The molecule has 164 valence electrons. The number of pyridine rings is 1. The van der Waals surface area contributed by atoms with E-state index in [1.54, 1.807) is 43.3 Å². The zero-order valence-electron chi connectivity index (χ0n) is 17.9. The molecule has 0 saturated heterocycles. The van der Waals surface area contributed by atoms with E-state index in [0.29, 0.717) is 23.8 Å². The van der Waals surface area contributed by atoms with Gasteiger partial charge < -0.3 is 9.47 Å². The van der Waals surface area contributed by atoms with Crippen LogP contribution in [0.1, 0.15) is 12.0 Å². The van der Waals surface area contributed by atoms with Gasteiger partial charge in [-0.1, -0.05) is 11.3 Å². The summed E-state index contributed by atoms with van der Waals surface area (Å²) in [7, 11) is 3.28. The Morgan fingerprint density at radius 2 is 1.72 bits per heavy atom. The summed E-state index contributed by atoms with van der Waals surface area (Å²) in [5.74, 6) is 2.28. The van der Waals surface area contributed by atoms with Crippen LogP contribution in [0.25, 0.3) is 10.2 Å². The third-order valence-corrected chi connectivity index (χ3v) is 6.92. The average molecular weight is 466 g/mol. The first-order valence-electron chi connectivity index (χ1n) is 10.1. The highest BCUT2D eigenvalue weighted by molar-refractivity contribution is 7.99. The van der Waals surface area contributed by atoms with Crippen LogP contribution in [0.2, 0.25) is 0 Å². The van der Waals surface area contributed by atoms with Gasteiger partial charge in [0.2, 0.25) is 5.91 Å². The molecular weight excluding hydrogens is 442 g/mol. The number of aromatic nitrogens is 2. The number of carbonyl (C=O) groups excluding carboxylic acids is 1. The van der Waals surface area contributed by atoms with Crippen LogP contribution < -0.4 is 14.4 Å². The Hall–Kier alpha value is -3.10. The van der Waals surface area contributed by atoms with Crippen molar-refractivity contribution in [1.29, 1.82) is 0 Å². The van der Waals surface area contributed by atoms with E-state index < -0.39 is 0 Å². The fourth-order valence-electron chi connectivity index (χ4n) is 3.13. The molecule has 0 radical (unpaired) electrons. The Morgan fingerprint density at radius 1 is 1.00 bits per heavy atom. The highest BCUT2D eigenvalue weighted by atomic mass is 32.2. The van der Waals surface area contributed by atoms with Crippen molar-refractivity contribution in [3.63, 3.8) is 0 Å². The minimum atomic E-state index is 0.0360. The van der Waals surface area contributed by atoms with Crippen LogP contribution in [0.15, 0.2) is 71.9 Å². The third-order valence-electron chi connectivity index (χ3n) is 4.85. The summed E-state index contributed by atoms with van der Waals surface area (Å²) in [6, 6.07) is 17.5. The normalized spacial score (nSPS) is 10.8. The lowest BCUT2D eigenvalue weighted by Crippen LogP contribution is -2.30. The molecule has 8 heteroatoms. The molecule has 2 heterocycles. The number of ether oxygens (including phenoxy) is 2. The molecule has 0 saturated carbocycles. The summed E-state index contributed by atoms with van der Waals surface area (Å²) in [6.07, 6.45) is 3.88. The maximum Gasteiger partial charge on any atom is 0.229 e. The first kappa shape index (κ1) is 22.1. The molecular formula is C24H23N3O3S2. The molecule has 0 aliphatic carbocycles. The number of thiazole rings is 1. The van der Waals surface area contributed by atoms with Crippen molar-refractivity contribution in [1.82, 2.24) is 9.97 Å². The van der Waals surface area contributed by atoms with Crippen molar-refractivity contribution in [3.05, 3.63) is 72.6 Å². The molecule has 32 heavy (non-hydrogen) atoms. The number of hydrogen-bond donors (Lipinski definition) is 0. The predicted molar refractivity (Wildman–Crippen MR) is 130 cm³/mol. The maximum atomic E-state index is 13.3.